The topological polar surface area (TPSA) is 71.4 Å². The molecule has 2 rings (SSSR count). The zero-order valence-electron chi connectivity index (χ0n) is 16.5. The van der Waals surface area contributed by atoms with Gasteiger partial charge >= 0.3 is 0 Å². The molecule has 0 bridgehead atoms. The SMILES string of the molecule is C=CCc1cc(/C=C(\C#N)C(=O)Nc2ccccc2Cl)cc(OCC)c1OCC. The van der Waals surface area contributed by atoms with Crippen LogP contribution in [0.25, 0.3) is 6.08 Å². The summed E-state index contributed by atoms with van der Waals surface area (Å²) in [5.74, 6) is 0.659. The molecule has 0 aliphatic carbocycles. The van der Waals surface area contributed by atoms with Gasteiger partial charge in [-0.25, -0.2) is 0 Å². The molecule has 6 heteroatoms. The number of nitrogens with zero attached hydrogens (tertiary/aromatic N) is 1. The predicted octanol–water partition coefficient (Wildman–Crippen LogP) is 5.41. The quantitative estimate of drug-likeness (QED) is 0.340. The minimum absolute atomic E-state index is 0.0546. The molecule has 0 heterocycles. The van der Waals surface area contributed by atoms with Crippen molar-refractivity contribution in [3.63, 3.8) is 0 Å². The Hall–Kier alpha value is -3.23. The van der Waals surface area contributed by atoms with E-state index in [4.69, 9.17) is 21.1 Å². The van der Waals surface area contributed by atoms with Gasteiger partial charge in [0.2, 0.25) is 0 Å². The van der Waals surface area contributed by atoms with E-state index < -0.39 is 5.91 Å². The van der Waals surface area contributed by atoms with E-state index in [-0.39, 0.29) is 5.57 Å². The minimum atomic E-state index is -0.544. The van der Waals surface area contributed by atoms with E-state index in [1.807, 2.05) is 26.0 Å². The Morgan fingerprint density at radius 1 is 1.24 bits per heavy atom. The fraction of sp³-hybridized carbons (Fsp3) is 0.217. The lowest BCUT2D eigenvalue weighted by Gasteiger charge is -2.16. The van der Waals surface area contributed by atoms with Gasteiger partial charge in [0.05, 0.1) is 23.9 Å². The molecule has 150 valence electrons. The first-order chi connectivity index (χ1) is 14.0. The molecule has 0 aliphatic heterocycles. The van der Waals surface area contributed by atoms with Crippen LogP contribution in [0.5, 0.6) is 11.5 Å². The Balaban J connectivity index is 2.43. The molecule has 0 spiro atoms. The van der Waals surface area contributed by atoms with Crippen LogP contribution in [0, 0.1) is 11.3 Å². The van der Waals surface area contributed by atoms with E-state index in [1.165, 1.54) is 6.08 Å². The summed E-state index contributed by atoms with van der Waals surface area (Å²) in [6, 6.07) is 12.4. The van der Waals surface area contributed by atoms with Crippen LogP contribution in [-0.2, 0) is 11.2 Å². The van der Waals surface area contributed by atoms with Crippen molar-refractivity contribution < 1.29 is 14.3 Å². The maximum Gasteiger partial charge on any atom is 0.266 e. The number of nitrogens with one attached hydrogen (secondary N) is 1. The third kappa shape index (κ3) is 5.87. The molecule has 0 unspecified atom stereocenters. The number of allylic oxidation sites excluding steroid dienone is 1. The second-order valence-electron chi connectivity index (χ2n) is 5.97. The van der Waals surface area contributed by atoms with Crippen molar-refractivity contribution in [1.29, 1.82) is 5.26 Å². The molecule has 0 radical (unpaired) electrons. The van der Waals surface area contributed by atoms with E-state index >= 15 is 0 Å². The lowest BCUT2D eigenvalue weighted by atomic mass is 10.0. The first-order valence-electron chi connectivity index (χ1n) is 9.25. The summed E-state index contributed by atoms with van der Waals surface area (Å²) in [6.45, 7) is 8.50. The second-order valence-corrected chi connectivity index (χ2v) is 6.38. The number of carbonyl (C=O) groups is 1. The van der Waals surface area contributed by atoms with Crippen LogP contribution in [0.15, 0.2) is 54.6 Å². The normalized spacial score (nSPS) is 10.8. The van der Waals surface area contributed by atoms with E-state index in [9.17, 15) is 10.1 Å². The fourth-order valence-electron chi connectivity index (χ4n) is 2.71. The summed E-state index contributed by atoms with van der Waals surface area (Å²) < 4.78 is 11.5. The van der Waals surface area contributed by atoms with Crippen LogP contribution in [0.1, 0.15) is 25.0 Å². The maximum atomic E-state index is 12.6. The highest BCUT2D eigenvalue weighted by Gasteiger charge is 2.15. The van der Waals surface area contributed by atoms with Crippen molar-refractivity contribution in [3.05, 3.63) is 70.8 Å². The second kappa shape index (κ2) is 10.9. The first kappa shape index (κ1) is 22.1. The number of benzene rings is 2. The Bertz CT molecular complexity index is 961. The van der Waals surface area contributed by atoms with Gasteiger partial charge in [-0.3, -0.25) is 4.79 Å². The molecule has 0 atom stereocenters. The van der Waals surface area contributed by atoms with Crippen molar-refractivity contribution >= 4 is 29.3 Å². The summed E-state index contributed by atoms with van der Waals surface area (Å²) in [4.78, 5) is 12.6. The highest BCUT2D eigenvalue weighted by molar-refractivity contribution is 6.34. The molecule has 0 aliphatic rings. The standard InChI is InChI=1S/C23H23ClN2O3/c1-4-9-17-12-16(14-21(28-5-2)22(17)29-6-3)13-18(15-25)23(27)26-20-11-8-7-10-19(20)24/h4,7-8,10-14H,1,5-6,9H2,2-3H3,(H,26,27)/b18-13+. The summed E-state index contributed by atoms with van der Waals surface area (Å²) >= 11 is 6.08. The van der Waals surface area contributed by atoms with Crippen LogP contribution in [-0.4, -0.2) is 19.1 Å². The number of carbonyl (C=O) groups excluding carboxylic acids is 1. The Morgan fingerprint density at radius 2 is 1.97 bits per heavy atom. The van der Waals surface area contributed by atoms with E-state index in [0.717, 1.165) is 5.56 Å². The molecule has 0 saturated carbocycles. The van der Waals surface area contributed by atoms with Gasteiger partial charge in [-0.05, 0) is 56.2 Å². The molecule has 0 fully saturated rings. The van der Waals surface area contributed by atoms with Crippen LogP contribution >= 0.6 is 11.6 Å². The number of halogens is 1. The lowest BCUT2D eigenvalue weighted by Crippen LogP contribution is -2.13. The van der Waals surface area contributed by atoms with Gasteiger partial charge in [0.1, 0.15) is 11.6 Å². The minimum Gasteiger partial charge on any atom is -0.490 e. The van der Waals surface area contributed by atoms with E-state index in [0.29, 0.717) is 47.4 Å². The zero-order valence-corrected chi connectivity index (χ0v) is 17.3. The molecule has 0 saturated heterocycles. The highest BCUT2D eigenvalue weighted by atomic mass is 35.5. The van der Waals surface area contributed by atoms with Gasteiger partial charge in [-0.15, -0.1) is 6.58 Å². The van der Waals surface area contributed by atoms with Crippen molar-refractivity contribution in [2.45, 2.75) is 20.3 Å². The van der Waals surface area contributed by atoms with E-state index in [1.54, 1.807) is 36.4 Å². The third-order valence-electron chi connectivity index (χ3n) is 3.91. The highest BCUT2D eigenvalue weighted by Crippen LogP contribution is 2.34. The molecule has 1 N–H and O–H groups in total. The van der Waals surface area contributed by atoms with Crippen LogP contribution in [0.2, 0.25) is 5.02 Å². The van der Waals surface area contributed by atoms with Gasteiger partial charge < -0.3 is 14.8 Å². The van der Waals surface area contributed by atoms with Gasteiger partial charge in [0.15, 0.2) is 11.5 Å². The maximum absolute atomic E-state index is 12.6. The number of hydrogen-bond acceptors (Lipinski definition) is 4. The van der Waals surface area contributed by atoms with Crippen molar-refractivity contribution in [1.82, 2.24) is 0 Å². The molecular weight excluding hydrogens is 388 g/mol. The number of amides is 1. The van der Waals surface area contributed by atoms with Crippen molar-refractivity contribution in [2.75, 3.05) is 18.5 Å². The number of nitriles is 1. The van der Waals surface area contributed by atoms with Gasteiger partial charge in [0.25, 0.3) is 5.91 Å². The third-order valence-corrected chi connectivity index (χ3v) is 4.23. The van der Waals surface area contributed by atoms with Crippen molar-refractivity contribution in [2.24, 2.45) is 0 Å². The fourth-order valence-corrected chi connectivity index (χ4v) is 2.90. The summed E-state index contributed by atoms with van der Waals surface area (Å²) in [6.07, 6.45) is 3.83. The van der Waals surface area contributed by atoms with Crippen molar-refractivity contribution in [3.8, 4) is 17.6 Å². The molecular formula is C23H23ClN2O3. The van der Waals surface area contributed by atoms with Gasteiger partial charge in [0, 0.05) is 5.56 Å². The van der Waals surface area contributed by atoms with Crippen LogP contribution < -0.4 is 14.8 Å². The van der Waals surface area contributed by atoms with E-state index in [2.05, 4.69) is 11.9 Å². The summed E-state index contributed by atoms with van der Waals surface area (Å²) in [5, 5.41) is 12.6. The summed E-state index contributed by atoms with van der Waals surface area (Å²) in [5.41, 5.74) is 1.90. The average Bonchev–Trinajstić information content (AvgIpc) is 2.70. The average molecular weight is 411 g/mol. The number of anilines is 1. The Morgan fingerprint density at radius 3 is 2.59 bits per heavy atom. The van der Waals surface area contributed by atoms with Gasteiger partial charge in [-0.1, -0.05) is 29.8 Å². The molecule has 5 nitrogen and oxygen atoms in total. The Labute approximate surface area is 176 Å². The predicted molar refractivity (Wildman–Crippen MR) is 116 cm³/mol. The molecule has 1 amide bonds. The van der Waals surface area contributed by atoms with Crippen LogP contribution in [0.4, 0.5) is 5.69 Å². The Kier molecular flexibility index (Phi) is 8.32. The molecule has 2 aromatic rings. The summed E-state index contributed by atoms with van der Waals surface area (Å²) in [7, 11) is 0. The number of para-hydroxylation sites is 1. The molecule has 0 aromatic heterocycles. The van der Waals surface area contributed by atoms with Gasteiger partial charge in [-0.2, -0.15) is 5.26 Å². The molecule has 29 heavy (non-hydrogen) atoms. The number of ether oxygens (including phenoxy) is 2. The number of hydrogen-bond donors (Lipinski definition) is 1. The molecule has 2 aromatic carbocycles. The zero-order chi connectivity index (χ0) is 21.2. The monoisotopic (exact) mass is 410 g/mol. The first-order valence-corrected chi connectivity index (χ1v) is 9.62. The largest absolute Gasteiger partial charge is 0.490 e. The van der Waals surface area contributed by atoms with Crippen LogP contribution in [0.3, 0.4) is 0 Å². The lowest BCUT2D eigenvalue weighted by molar-refractivity contribution is -0.112. The number of rotatable bonds is 9. The smallest absolute Gasteiger partial charge is 0.266 e.